The van der Waals surface area contributed by atoms with Crippen molar-refractivity contribution in [3.05, 3.63) is 0 Å². The minimum atomic E-state index is -1.16. The fourth-order valence-electron chi connectivity index (χ4n) is 3.71. The molecule has 0 aliphatic carbocycles. The number of hydrogen-bond acceptors (Lipinski definition) is 8. The molecule has 12 nitrogen and oxygen atoms in total. The normalized spacial score (nSPS) is 18.1. The summed E-state index contributed by atoms with van der Waals surface area (Å²) in [6.45, 7) is 0.702. The van der Waals surface area contributed by atoms with Crippen molar-refractivity contribution in [1.29, 1.82) is 0 Å². The van der Waals surface area contributed by atoms with Crippen LogP contribution in [0, 0.1) is 0 Å². The maximum absolute atomic E-state index is 13.2. The third-order valence-corrected chi connectivity index (χ3v) is 6.28. The predicted molar refractivity (Wildman–Crippen MR) is 127 cm³/mol. The number of hydrogen-bond donors (Lipinski definition) is 6. The highest BCUT2D eigenvalue weighted by Crippen LogP contribution is 2.20. The molecule has 0 radical (unpaired) electrons. The monoisotopic (exact) mass is 503 g/mol. The van der Waals surface area contributed by atoms with E-state index in [1.54, 1.807) is 0 Å². The molecule has 1 aliphatic heterocycles. The number of rotatable bonds is 16. The van der Waals surface area contributed by atoms with Crippen LogP contribution in [0.4, 0.5) is 0 Å². The number of carboxylic acid groups (broad SMARTS) is 2. The quantitative estimate of drug-likeness (QED) is 0.143. The molecule has 4 atom stereocenters. The Kier molecular flexibility index (Phi) is 13.5. The summed E-state index contributed by atoms with van der Waals surface area (Å²) in [5.74, 6) is -3.50. The van der Waals surface area contributed by atoms with E-state index in [4.69, 9.17) is 16.6 Å². The largest absolute Gasteiger partial charge is 0.481 e. The van der Waals surface area contributed by atoms with E-state index in [-0.39, 0.29) is 25.8 Å². The second-order valence-corrected chi connectivity index (χ2v) is 9.24. The van der Waals surface area contributed by atoms with Gasteiger partial charge in [0.2, 0.25) is 17.7 Å². The molecule has 34 heavy (non-hydrogen) atoms. The van der Waals surface area contributed by atoms with Crippen LogP contribution in [0.1, 0.15) is 51.4 Å². The Labute approximate surface area is 203 Å². The number of nitrogens with two attached hydrogens (primary N) is 2. The molecule has 0 aromatic carbocycles. The van der Waals surface area contributed by atoms with Crippen LogP contribution in [0.3, 0.4) is 0 Å². The number of likely N-dealkylation sites (tertiary alicyclic amines) is 1. The number of thioether (sulfide) groups is 1. The molecule has 0 aromatic heterocycles. The van der Waals surface area contributed by atoms with Crippen molar-refractivity contribution in [2.24, 2.45) is 11.5 Å². The lowest BCUT2D eigenvalue weighted by atomic mass is 10.1. The van der Waals surface area contributed by atoms with Crippen molar-refractivity contribution in [1.82, 2.24) is 15.5 Å². The Bertz CT molecular complexity index is 724. The summed E-state index contributed by atoms with van der Waals surface area (Å²) >= 11 is 1.45. The molecule has 3 amide bonds. The van der Waals surface area contributed by atoms with Crippen LogP contribution in [-0.2, 0) is 24.0 Å². The molecule has 1 aliphatic rings. The van der Waals surface area contributed by atoms with Crippen LogP contribution < -0.4 is 22.1 Å². The maximum atomic E-state index is 13.2. The number of carbonyl (C=O) groups excluding carboxylic acids is 3. The van der Waals surface area contributed by atoms with Gasteiger partial charge >= 0.3 is 11.9 Å². The smallest absolute Gasteiger partial charge is 0.326 e. The molecule has 0 bridgehead atoms. The lowest BCUT2D eigenvalue weighted by Crippen LogP contribution is -2.56. The molecule has 1 heterocycles. The second-order valence-electron chi connectivity index (χ2n) is 8.26. The van der Waals surface area contributed by atoms with Gasteiger partial charge in [0.05, 0.1) is 6.04 Å². The van der Waals surface area contributed by atoms with Gasteiger partial charge in [-0.1, -0.05) is 6.42 Å². The first-order valence-corrected chi connectivity index (χ1v) is 12.8. The summed E-state index contributed by atoms with van der Waals surface area (Å²) in [6, 6.07) is -4.01. The van der Waals surface area contributed by atoms with Gasteiger partial charge in [0.25, 0.3) is 0 Å². The fraction of sp³-hybridized carbons (Fsp3) is 0.762. The number of unbranched alkanes of at least 4 members (excludes halogenated alkanes) is 1. The van der Waals surface area contributed by atoms with Gasteiger partial charge < -0.3 is 37.2 Å². The first-order valence-electron chi connectivity index (χ1n) is 11.4. The van der Waals surface area contributed by atoms with Gasteiger partial charge in [-0.15, -0.1) is 0 Å². The highest BCUT2D eigenvalue weighted by Gasteiger charge is 2.39. The molecule has 1 rings (SSSR count). The number of carboxylic acids is 2. The van der Waals surface area contributed by atoms with Crippen LogP contribution in [0.5, 0.6) is 0 Å². The van der Waals surface area contributed by atoms with Gasteiger partial charge in [-0.25, -0.2) is 4.79 Å². The standard InChI is InChI=1S/C21H37N5O7S/c1-34-12-9-15(21(32)33)25-19(30)16-6-4-11-26(16)20(31)14(7-8-17(27)28)24-18(29)13(23)5-2-3-10-22/h13-16H,2-12,22-23H2,1H3,(H,24,29)(H,25,30)(H,27,28)(H,32,33). The van der Waals surface area contributed by atoms with E-state index < -0.39 is 53.8 Å². The van der Waals surface area contributed by atoms with Crippen molar-refractivity contribution in [2.75, 3.05) is 25.1 Å². The minimum absolute atomic E-state index is 0.161. The van der Waals surface area contributed by atoms with Crippen LogP contribution >= 0.6 is 11.8 Å². The van der Waals surface area contributed by atoms with Gasteiger partial charge in [-0.05, 0) is 57.1 Å². The minimum Gasteiger partial charge on any atom is -0.481 e. The van der Waals surface area contributed by atoms with E-state index in [2.05, 4.69) is 10.6 Å². The van der Waals surface area contributed by atoms with Gasteiger partial charge in [0.1, 0.15) is 18.1 Å². The van der Waals surface area contributed by atoms with Crippen molar-refractivity contribution < 1.29 is 34.2 Å². The molecule has 0 spiro atoms. The average Bonchev–Trinajstić information content (AvgIpc) is 3.28. The van der Waals surface area contributed by atoms with Crippen LogP contribution in [0.2, 0.25) is 0 Å². The molecule has 1 saturated heterocycles. The topological polar surface area (TPSA) is 205 Å². The summed E-state index contributed by atoms with van der Waals surface area (Å²) in [7, 11) is 0. The highest BCUT2D eigenvalue weighted by atomic mass is 32.2. The number of amides is 3. The SMILES string of the molecule is CSCCC(NC(=O)C1CCCN1C(=O)C(CCC(=O)O)NC(=O)C(N)CCCCN)C(=O)O. The van der Waals surface area contributed by atoms with Crippen molar-refractivity contribution in [3.8, 4) is 0 Å². The predicted octanol–water partition coefficient (Wildman–Crippen LogP) is -0.894. The third kappa shape index (κ3) is 9.85. The summed E-state index contributed by atoms with van der Waals surface area (Å²) < 4.78 is 0. The molecular formula is C21H37N5O7S. The highest BCUT2D eigenvalue weighted by molar-refractivity contribution is 7.98. The summed E-state index contributed by atoms with van der Waals surface area (Å²) in [6.07, 6.45) is 4.09. The van der Waals surface area contributed by atoms with E-state index in [1.807, 2.05) is 6.26 Å². The summed E-state index contributed by atoms with van der Waals surface area (Å²) in [4.78, 5) is 62.4. The lowest BCUT2D eigenvalue weighted by molar-refractivity contribution is -0.145. The van der Waals surface area contributed by atoms with Crippen molar-refractivity contribution in [2.45, 2.75) is 75.5 Å². The molecule has 4 unspecified atom stereocenters. The van der Waals surface area contributed by atoms with Gasteiger partial charge in [0.15, 0.2) is 0 Å². The molecule has 13 heteroatoms. The number of aliphatic carboxylic acids is 2. The lowest BCUT2D eigenvalue weighted by Gasteiger charge is -2.30. The number of carbonyl (C=O) groups is 5. The van der Waals surface area contributed by atoms with E-state index in [0.717, 1.165) is 0 Å². The van der Waals surface area contributed by atoms with Crippen LogP contribution in [-0.4, -0.2) is 94.0 Å². The summed E-state index contributed by atoms with van der Waals surface area (Å²) in [5, 5.41) is 23.5. The van der Waals surface area contributed by atoms with E-state index in [9.17, 15) is 29.1 Å². The molecular weight excluding hydrogens is 466 g/mol. The van der Waals surface area contributed by atoms with Gasteiger partial charge in [-0.3, -0.25) is 19.2 Å². The Balaban J connectivity index is 2.91. The Morgan fingerprint density at radius 3 is 2.35 bits per heavy atom. The van der Waals surface area contributed by atoms with E-state index in [1.165, 1.54) is 16.7 Å². The first kappa shape index (κ1) is 29.7. The number of nitrogens with zero attached hydrogens (tertiary/aromatic N) is 1. The molecule has 0 saturated carbocycles. The Hall–Kier alpha value is -2.38. The number of nitrogens with one attached hydrogen (secondary N) is 2. The van der Waals surface area contributed by atoms with E-state index >= 15 is 0 Å². The Morgan fingerprint density at radius 1 is 1.06 bits per heavy atom. The zero-order chi connectivity index (χ0) is 25.7. The Morgan fingerprint density at radius 2 is 1.76 bits per heavy atom. The van der Waals surface area contributed by atoms with Crippen LogP contribution in [0.25, 0.3) is 0 Å². The summed E-state index contributed by atoms with van der Waals surface area (Å²) in [5.41, 5.74) is 11.3. The first-order chi connectivity index (χ1) is 16.1. The zero-order valence-electron chi connectivity index (χ0n) is 19.5. The van der Waals surface area contributed by atoms with E-state index in [0.29, 0.717) is 44.4 Å². The van der Waals surface area contributed by atoms with Crippen molar-refractivity contribution in [3.63, 3.8) is 0 Å². The maximum Gasteiger partial charge on any atom is 0.326 e. The zero-order valence-corrected chi connectivity index (χ0v) is 20.3. The third-order valence-electron chi connectivity index (χ3n) is 5.63. The van der Waals surface area contributed by atoms with Crippen LogP contribution in [0.15, 0.2) is 0 Å². The second kappa shape index (κ2) is 15.5. The van der Waals surface area contributed by atoms with Crippen molar-refractivity contribution >= 4 is 41.4 Å². The molecule has 0 aromatic rings. The van der Waals surface area contributed by atoms with Gasteiger partial charge in [-0.2, -0.15) is 11.8 Å². The fourth-order valence-corrected chi connectivity index (χ4v) is 4.18. The molecule has 194 valence electrons. The molecule has 1 fully saturated rings. The van der Waals surface area contributed by atoms with Gasteiger partial charge in [0, 0.05) is 13.0 Å². The average molecular weight is 504 g/mol. The molecule has 8 N–H and O–H groups in total.